The second kappa shape index (κ2) is 5.25. The number of hydrogen-bond acceptors (Lipinski definition) is 4. The van der Waals surface area contributed by atoms with Gasteiger partial charge in [-0.1, -0.05) is 0 Å². The molecule has 0 heterocycles. The lowest BCUT2D eigenvalue weighted by molar-refractivity contribution is -0.385. The average molecular weight is 277 g/mol. The molecular weight excluding hydrogens is 267 g/mol. The molecule has 0 saturated carbocycles. The lowest BCUT2D eigenvalue weighted by Gasteiger charge is -2.15. The summed E-state index contributed by atoms with van der Waals surface area (Å²) in [6, 6.07) is 1.19. The molecule has 0 aromatic heterocycles. The van der Waals surface area contributed by atoms with E-state index in [1.54, 1.807) is 0 Å². The average Bonchev–Trinajstić information content (AvgIpc) is 2.26. The van der Waals surface area contributed by atoms with E-state index in [1.165, 1.54) is 6.92 Å². The minimum atomic E-state index is -4.79. The number of rotatable bonds is 4. The highest BCUT2D eigenvalue weighted by Crippen LogP contribution is 2.41. The van der Waals surface area contributed by atoms with Gasteiger partial charge in [0, 0.05) is 6.07 Å². The molecule has 0 bridgehead atoms. The van der Waals surface area contributed by atoms with Gasteiger partial charge in [-0.25, -0.2) is 0 Å². The van der Waals surface area contributed by atoms with Crippen molar-refractivity contribution in [2.24, 2.45) is 0 Å². The molecule has 19 heavy (non-hydrogen) atoms. The van der Waals surface area contributed by atoms with E-state index >= 15 is 0 Å². The number of alkyl halides is 3. The van der Waals surface area contributed by atoms with Crippen LogP contribution in [0.1, 0.15) is 29.8 Å². The van der Waals surface area contributed by atoms with Gasteiger partial charge in [-0.15, -0.1) is 0 Å². The molecule has 0 saturated heterocycles. The molecule has 0 amide bonds. The number of ether oxygens (including phenoxy) is 1. The highest BCUT2D eigenvalue weighted by atomic mass is 19.4. The van der Waals surface area contributed by atoms with E-state index in [1.807, 2.05) is 0 Å². The van der Waals surface area contributed by atoms with Crippen LogP contribution in [0.3, 0.4) is 0 Å². The summed E-state index contributed by atoms with van der Waals surface area (Å²) >= 11 is 0. The summed E-state index contributed by atoms with van der Waals surface area (Å²) in [6.45, 7) is 2.26. The second-order valence-corrected chi connectivity index (χ2v) is 3.58. The Kier molecular flexibility index (Phi) is 4.13. The van der Waals surface area contributed by atoms with Crippen LogP contribution in [0, 0.1) is 10.1 Å². The maximum Gasteiger partial charge on any atom is 0.417 e. The first-order chi connectivity index (χ1) is 8.70. The number of nitro benzene ring substituents is 1. The van der Waals surface area contributed by atoms with Crippen molar-refractivity contribution >= 4 is 11.5 Å². The summed E-state index contributed by atoms with van der Waals surface area (Å²) in [5, 5.41) is 10.8. The first-order valence-corrected chi connectivity index (χ1v) is 5.22. The molecule has 0 fully saturated rings. The number of halogens is 3. The summed E-state index contributed by atoms with van der Waals surface area (Å²) in [7, 11) is 0. The van der Waals surface area contributed by atoms with Crippen LogP contribution < -0.4 is 4.74 Å². The Labute approximate surface area is 106 Å². The monoisotopic (exact) mass is 277 g/mol. The highest BCUT2D eigenvalue weighted by Gasteiger charge is 2.38. The second-order valence-electron chi connectivity index (χ2n) is 3.58. The minimum absolute atomic E-state index is 0.0948. The molecule has 0 atom stereocenters. The van der Waals surface area contributed by atoms with Gasteiger partial charge in [0.25, 0.3) is 0 Å². The Morgan fingerprint density at radius 2 is 2.00 bits per heavy atom. The van der Waals surface area contributed by atoms with E-state index in [2.05, 4.69) is 0 Å². The van der Waals surface area contributed by atoms with Crippen LogP contribution in [0.5, 0.6) is 5.75 Å². The molecule has 0 N–H and O–H groups in total. The molecule has 1 aromatic rings. The quantitative estimate of drug-likeness (QED) is 0.481. The van der Waals surface area contributed by atoms with Crippen LogP contribution in [0.25, 0.3) is 0 Å². The van der Waals surface area contributed by atoms with Crippen LogP contribution in [0.2, 0.25) is 0 Å². The van der Waals surface area contributed by atoms with Crippen LogP contribution in [-0.2, 0) is 6.18 Å². The number of nitro groups is 1. The van der Waals surface area contributed by atoms with E-state index in [9.17, 15) is 28.1 Å². The summed E-state index contributed by atoms with van der Waals surface area (Å²) in [6.07, 6.45) is -4.79. The van der Waals surface area contributed by atoms with Crippen LogP contribution in [0.15, 0.2) is 12.1 Å². The standard InChI is InChI=1S/C11H10F3NO4/c1-3-19-10-8(15(17)18)5-4-7(11(12,13)14)9(10)6(2)16/h4-5H,3H2,1-2H3. The molecule has 1 rings (SSSR count). The van der Waals surface area contributed by atoms with Crippen LogP contribution in [0.4, 0.5) is 18.9 Å². The first kappa shape index (κ1) is 14.9. The largest absolute Gasteiger partial charge is 0.487 e. The molecule has 0 unspecified atom stereocenters. The first-order valence-electron chi connectivity index (χ1n) is 5.22. The number of Topliss-reactive ketones (excluding diaryl/α,β-unsaturated/α-hetero) is 1. The molecule has 0 aliphatic carbocycles. The number of hydrogen-bond donors (Lipinski definition) is 0. The van der Waals surface area contributed by atoms with Gasteiger partial charge in [-0.2, -0.15) is 13.2 Å². The molecule has 8 heteroatoms. The Balaban J connectivity index is 3.68. The van der Waals surface area contributed by atoms with Crippen molar-refractivity contribution in [3.8, 4) is 5.75 Å². The molecule has 5 nitrogen and oxygen atoms in total. The molecule has 0 aliphatic heterocycles. The Hall–Kier alpha value is -2.12. The van der Waals surface area contributed by atoms with E-state index in [-0.39, 0.29) is 6.61 Å². The van der Waals surface area contributed by atoms with Gasteiger partial charge >= 0.3 is 11.9 Å². The summed E-state index contributed by atoms with van der Waals surface area (Å²) < 4.78 is 43.2. The third kappa shape index (κ3) is 3.01. The molecule has 0 radical (unpaired) electrons. The fraction of sp³-hybridized carbons (Fsp3) is 0.364. The van der Waals surface area contributed by atoms with Crippen molar-refractivity contribution < 1.29 is 27.6 Å². The van der Waals surface area contributed by atoms with Gasteiger partial charge in [0.05, 0.1) is 22.7 Å². The molecule has 1 aromatic carbocycles. The fourth-order valence-electron chi connectivity index (χ4n) is 1.59. The van der Waals surface area contributed by atoms with Gasteiger partial charge < -0.3 is 4.74 Å². The Morgan fingerprint density at radius 3 is 2.37 bits per heavy atom. The lowest BCUT2D eigenvalue weighted by atomic mass is 10.0. The summed E-state index contributed by atoms with van der Waals surface area (Å²) in [4.78, 5) is 21.3. The normalized spacial score (nSPS) is 11.2. The van der Waals surface area contributed by atoms with Crippen molar-refractivity contribution in [1.82, 2.24) is 0 Å². The molecule has 0 aliphatic rings. The van der Waals surface area contributed by atoms with E-state index < -0.39 is 39.4 Å². The topological polar surface area (TPSA) is 69.4 Å². The maximum absolute atomic E-state index is 12.8. The van der Waals surface area contributed by atoms with Gasteiger partial charge in [-0.3, -0.25) is 14.9 Å². The minimum Gasteiger partial charge on any atom is -0.487 e. The third-order valence-corrected chi connectivity index (χ3v) is 2.28. The summed E-state index contributed by atoms with van der Waals surface area (Å²) in [5.74, 6) is -1.59. The van der Waals surface area contributed by atoms with E-state index in [0.717, 1.165) is 6.92 Å². The highest BCUT2D eigenvalue weighted by molar-refractivity contribution is 6.00. The van der Waals surface area contributed by atoms with Gasteiger partial charge in [0.1, 0.15) is 0 Å². The zero-order valence-corrected chi connectivity index (χ0v) is 10.1. The van der Waals surface area contributed by atoms with Crippen molar-refractivity contribution in [2.75, 3.05) is 6.61 Å². The fourth-order valence-corrected chi connectivity index (χ4v) is 1.59. The van der Waals surface area contributed by atoms with Gasteiger partial charge in [0.2, 0.25) is 5.75 Å². The molecule has 0 spiro atoms. The zero-order chi connectivity index (χ0) is 14.8. The molecular formula is C11H10F3NO4. The van der Waals surface area contributed by atoms with Crippen molar-refractivity contribution in [3.63, 3.8) is 0 Å². The number of ketones is 1. The summed E-state index contributed by atoms with van der Waals surface area (Å²) in [5.41, 5.74) is -2.72. The third-order valence-electron chi connectivity index (χ3n) is 2.28. The number of carbonyl (C=O) groups is 1. The van der Waals surface area contributed by atoms with E-state index in [0.29, 0.717) is 12.1 Å². The lowest BCUT2D eigenvalue weighted by Crippen LogP contribution is -2.14. The number of nitrogens with zero attached hydrogens (tertiary/aromatic N) is 1. The predicted octanol–water partition coefficient (Wildman–Crippen LogP) is 3.21. The van der Waals surface area contributed by atoms with Crippen LogP contribution >= 0.6 is 0 Å². The van der Waals surface area contributed by atoms with Crippen molar-refractivity contribution in [2.45, 2.75) is 20.0 Å². The van der Waals surface area contributed by atoms with Crippen LogP contribution in [-0.4, -0.2) is 17.3 Å². The van der Waals surface area contributed by atoms with Crippen molar-refractivity contribution in [1.29, 1.82) is 0 Å². The SMILES string of the molecule is CCOc1c([N+](=O)[O-])ccc(C(F)(F)F)c1C(C)=O. The Morgan fingerprint density at radius 1 is 1.42 bits per heavy atom. The maximum atomic E-state index is 12.8. The van der Waals surface area contributed by atoms with Crippen molar-refractivity contribution in [3.05, 3.63) is 33.4 Å². The zero-order valence-electron chi connectivity index (χ0n) is 10.1. The van der Waals surface area contributed by atoms with Gasteiger partial charge in [0.15, 0.2) is 5.78 Å². The van der Waals surface area contributed by atoms with E-state index in [4.69, 9.17) is 4.74 Å². The van der Waals surface area contributed by atoms with Gasteiger partial charge in [-0.05, 0) is 19.9 Å². The predicted molar refractivity (Wildman–Crippen MR) is 59.3 cm³/mol. The smallest absolute Gasteiger partial charge is 0.417 e. The Bertz CT molecular complexity index is 525. The number of carbonyl (C=O) groups excluding carboxylic acids is 1. The molecule has 104 valence electrons. The number of benzene rings is 1.